The van der Waals surface area contributed by atoms with Gasteiger partial charge in [0.25, 0.3) is 0 Å². The molecule has 0 radical (unpaired) electrons. The molecule has 0 aliphatic carbocycles. The molecule has 3 N–H and O–H groups in total. The number of ether oxygens (including phenoxy) is 4. The fourth-order valence-electron chi connectivity index (χ4n) is 2.87. The van der Waals surface area contributed by atoms with E-state index in [4.69, 9.17) is 24.7 Å². The number of aliphatic hydroxyl groups is 1. The topological polar surface area (TPSA) is 127 Å². The molecule has 0 bridgehead atoms. The van der Waals surface area contributed by atoms with Crippen molar-refractivity contribution in [1.82, 2.24) is 19.5 Å². The molecule has 0 amide bonds. The molecule has 0 aromatic carbocycles. The fourth-order valence-corrected chi connectivity index (χ4v) is 2.87. The second kappa shape index (κ2) is 7.36. The number of methoxy groups -OCH3 is 2. The first kappa shape index (κ1) is 17.0. The third kappa shape index (κ3) is 2.94. The number of rotatable bonds is 7. The summed E-state index contributed by atoms with van der Waals surface area (Å²) in [5.74, 6) is 0.288. The molecule has 3 heterocycles. The lowest BCUT2D eigenvalue weighted by atomic mass is 10.1. The van der Waals surface area contributed by atoms with E-state index >= 15 is 0 Å². The first-order chi connectivity index (χ1) is 11.7. The third-order valence-electron chi connectivity index (χ3n) is 4.00. The van der Waals surface area contributed by atoms with Gasteiger partial charge >= 0.3 is 0 Å². The van der Waals surface area contributed by atoms with Crippen LogP contribution in [-0.2, 0) is 18.9 Å². The zero-order valence-electron chi connectivity index (χ0n) is 13.5. The van der Waals surface area contributed by atoms with Crippen molar-refractivity contribution < 1.29 is 24.1 Å². The molecule has 10 heteroatoms. The largest absolute Gasteiger partial charge is 0.394 e. The lowest BCUT2D eigenvalue weighted by Gasteiger charge is -2.23. The van der Waals surface area contributed by atoms with Gasteiger partial charge in [-0.15, -0.1) is 0 Å². The first-order valence-electron chi connectivity index (χ1n) is 7.54. The molecule has 2 aromatic rings. The summed E-state index contributed by atoms with van der Waals surface area (Å²) < 4.78 is 24.0. The molecule has 0 saturated carbocycles. The van der Waals surface area contributed by atoms with Crippen LogP contribution in [0.2, 0.25) is 0 Å². The molecule has 1 saturated heterocycles. The molecule has 4 unspecified atom stereocenters. The summed E-state index contributed by atoms with van der Waals surface area (Å²) in [6.45, 7) is 0.606. The van der Waals surface area contributed by atoms with E-state index in [2.05, 4.69) is 15.0 Å². The quantitative estimate of drug-likeness (QED) is 0.632. The molecule has 4 atom stereocenters. The Morgan fingerprint density at radius 1 is 1.25 bits per heavy atom. The van der Waals surface area contributed by atoms with E-state index < -0.39 is 24.5 Å². The van der Waals surface area contributed by atoms with Gasteiger partial charge in [0.05, 0.1) is 26.1 Å². The number of nitrogens with two attached hydrogens (primary N) is 1. The van der Waals surface area contributed by atoms with E-state index in [0.717, 1.165) is 0 Å². The molecule has 1 aliphatic heterocycles. The molecule has 2 aromatic heterocycles. The Morgan fingerprint density at radius 3 is 2.79 bits per heavy atom. The summed E-state index contributed by atoms with van der Waals surface area (Å²) in [5, 5.41) is 9.57. The van der Waals surface area contributed by atoms with Gasteiger partial charge in [0.1, 0.15) is 30.2 Å². The van der Waals surface area contributed by atoms with Crippen molar-refractivity contribution in [2.75, 3.05) is 39.8 Å². The maximum Gasteiger partial charge on any atom is 0.167 e. The zero-order chi connectivity index (χ0) is 17.1. The molecular formula is C14H21N5O5. The lowest BCUT2D eigenvalue weighted by molar-refractivity contribution is -0.0817. The van der Waals surface area contributed by atoms with Crippen LogP contribution in [0.4, 0.5) is 5.82 Å². The Balaban J connectivity index is 1.94. The normalized spacial score (nSPS) is 27.1. The highest BCUT2D eigenvalue weighted by molar-refractivity contribution is 5.81. The summed E-state index contributed by atoms with van der Waals surface area (Å²) in [7, 11) is 3.15. The average molecular weight is 339 g/mol. The van der Waals surface area contributed by atoms with Gasteiger partial charge in [-0.25, -0.2) is 15.0 Å². The van der Waals surface area contributed by atoms with Gasteiger partial charge in [-0.05, 0) is 0 Å². The monoisotopic (exact) mass is 339 g/mol. The van der Waals surface area contributed by atoms with Crippen LogP contribution in [-0.4, -0.2) is 77.0 Å². The minimum Gasteiger partial charge on any atom is -0.394 e. The molecule has 1 aliphatic rings. The van der Waals surface area contributed by atoms with Crippen LogP contribution in [0, 0.1) is 0 Å². The van der Waals surface area contributed by atoms with E-state index in [1.807, 2.05) is 0 Å². The van der Waals surface area contributed by atoms with E-state index in [1.54, 1.807) is 25.1 Å². The molecule has 10 nitrogen and oxygen atoms in total. The Labute approximate surface area is 138 Å². The number of hydrogen-bond acceptors (Lipinski definition) is 9. The number of anilines is 1. The highest BCUT2D eigenvalue weighted by atomic mass is 16.6. The molecule has 0 spiro atoms. The number of aliphatic hydroxyl groups excluding tert-OH is 1. The highest BCUT2D eigenvalue weighted by Gasteiger charge is 2.47. The van der Waals surface area contributed by atoms with Crippen LogP contribution in [0.5, 0.6) is 0 Å². The zero-order valence-corrected chi connectivity index (χ0v) is 13.5. The van der Waals surface area contributed by atoms with Crippen molar-refractivity contribution in [2.45, 2.75) is 24.5 Å². The van der Waals surface area contributed by atoms with E-state index in [9.17, 15) is 5.11 Å². The third-order valence-corrected chi connectivity index (χ3v) is 4.00. The Kier molecular flexibility index (Phi) is 5.21. The van der Waals surface area contributed by atoms with E-state index in [-0.39, 0.29) is 12.4 Å². The minimum atomic E-state index is -0.566. The standard InChI is InChI=1S/C14H21N5O5/c1-21-3-4-23-11-10(22-2)8(5-20)24-14(11)19-7-18-9-12(15)16-6-17-13(9)19/h6-8,10-11,14,20H,3-5H2,1-2H3,(H2,15,16,17). The van der Waals surface area contributed by atoms with Crippen LogP contribution >= 0.6 is 0 Å². The van der Waals surface area contributed by atoms with Crippen LogP contribution in [0.15, 0.2) is 12.7 Å². The van der Waals surface area contributed by atoms with Crippen molar-refractivity contribution in [3.8, 4) is 0 Å². The Bertz CT molecular complexity index is 681. The van der Waals surface area contributed by atoms with Crippen LogP contribution in [0.1, 0.15) is 6.23 Å². The highest BCUT2D eigenvalue weighted by Crippen LogP contribution is 2.35. The second-order valence-electron chi connectivity index (χ2n) is 5.36. The molecule has 132 valence electrons. The van der Waals surface area contributed by atoms with Crippen LogP contribution < -0.4 is 5.73 Å². The Morgan fingerprint density at radius 2 is 2.08 bits per heavy atom. The maximum atomic E-state index is 9.57. The van der Waals surface area contributed by atoms with Gasteiger partial charge in [0.2, 0.25) is 0 Å². The number of fused-ring (bicyclic) bond motifs is 1. The van der Waals surface area contributed by atoms with Gasteiger partial charge in [-0.3, -0.25) is 4.57 Å². The first-order valence-corrected chi connectivity index (χ1v) is 7.54. The van der Waals surface area contributed by atoms with Gasteiger partial charge in [-0.2, -0.15) is 0 Å². The Hall–Kier alpha value is -1.85. The predicted molar refractivity (Wildman–Crippen MR) is 83.1 cm³/mol. The SMILES string of the molecule is COCCOC1C(OC)C(CO)OC1n1cnc2c(N)ncnc21. The summed E-state index contributed by atoms with van der Waals surface area (Å²) in [5.41, 5.74) is 6.84. The van der Waals surface area contributed by atoms with Gasteiger partial charge < -0.3 is 29.8 Å². The predicted octanol–water partition coefficient (Wildman–Crippen LogP) is -0.655. The molecule has 24 heavy (non-hydrogen) atoms. The molecule has 3 rings (SSSR count). The number of aromatic nitrogens is 4. The van der Waals surface area contributed by atoms with Crippen LogP contribution in [0.3, 0.4) is 0 Å². The molecular weight excluding hydrogens is 318 g/mol. The van der Waals surface area contributed by atoms with Gasteiger partial charge in [0, 0.05) is 14.2 Å². The fraction of sp³-hybridized carbons (Fsp3) is 0.643. The number of nitrogen functional groups attached to an aromatic ring is 1. The van der Waals surface area contributed by atoms with Gasteiger partial charge in [0.15, 0.2) is 17.7 Å². The van der Waals surface area contributed by atoms with Crippen LogP contribution in [0.25, 0.3) is 11.2 Å². The van der Waals surface area contributed by atoms with Crippen molar-refractivity contribution in [2.24, 2.45) is 0 Å². The number of hydrogen-bond donors (Lipinski definition) is 2. The van der Waals surface area contributed by atoms with Crippen molar-refractivity contribution in [1.29, 1.82) is 0 Å². The van der Waals surface area contributed by atoms with Crippen molar-refractivity contribution >= 4 is 17.0 Å². The van der Waals surface area contributed by atoms with Crippen molar-refractivity contribution in [3.05, 3.63) is 12.7 Å². The average Bonchev–Trinajstić information content (AvgIpc) is 3.16. The van der Waals surface area contributed by atoms with Gasteiger partial charge in [-0.1, -0.05) is 0 Å². The van der Waals surface area contributed by atoms with Crippen molar-refractivity contribution in [3.63, 3.8) is 0 Å². The summed E-state index contributed by atoms with van der Waals surface area (Å²) in [6, 6.07) is 0. The smallest absolute Gasteiger partial charge is 0.167 e. The second-order valence-corrected chi connectivity index (χ2v) is 5.36. The lowest BCUT2D eigenvalue weighted by Crippen LogP contribution is -2.37. The number of imidazole rings is 1. The summed E-state index contributed by atoms with van der Waals surface area (Å²) in [6.07, 6.45) is 0.944. The molecule has 1 fully saturated rings. The maximum absolute atomic E-state index is 9.57. The summed E-state index contributed by atoms with van der Waals surface area (Å²) in [4.78, 5) is 12.4. The number of nitrogens with zero attached hydrogens (tertiary/aromatic N) is 4. The van der Waals surface area contributed by atoms with E-state index in [0.29, 0.717) is 24.4 Å². The minimum absolute atomic E-state index is 0.192. The summed E-state index contributed by atoms with van der Waals surface area (Å²) >= 11 is 0. The van der Waals surface area contributed by atoms with E-state index in [1.165, 1.54) is 6.33 Å².